The molecule has 0 spiro atoms. The second kappa shape index (κ2) is 7.52. The molecule has 128 valence electrons. The molecule has 0 radical (unpaired) electrons. The number of nitrogens with one attached hydrogen (secondary N) is 2. The zero-order valence-electron chi connectivity index (χ0n) is 13.5. The Hall–Kier alpha value is -3.29. The van der Waals surface area contributed by atoms with Gasteiger partial charge in [0.15, 0.2) is 11.5 Å². The molecule has 2 aromatic heterocycles. The number of halogens is 1. The minimum atomic E-state index is -0.432. The Bertz CT molecular complexity index is 863. The molecule has 0 aliphatic rings. The van der Waals surface area contributed by atoms with Gasteiger partial charge in [-0.3, -0.25) is 4.79 Å². The van der Waals surface area contributed by atoms with Crippen LogP contribution in [-0.2, 0) is 6.42 Å². The third kappa shape index (κ3) is 4.37. The van der Waals surface area contributed by atoms with Gasteiger partial charge in [0.05, 0.1) is 0 Å². The van der Waals surface area contributed by atoms with Crippen LogP contribution in [0, 0.1) is 12.7 Å². The van der Waals surface area contributed by atoms with E-state index < -0.39 is 5.91 Å². The molecule has 0 unspecified atom stereocenters. The maximum absolute atomic E-state index is 13.5. The van der Waals surface area contributed by atoms with Gasteiger partial charge in [-0.1, -0.05) is 23.4 Å². The van der Waals surface area contributed by atoms with E-state index in [-0.39, 0.29) is 11.5 Å². The summed E-state index contributed by atoms with van der Waals surface area (Å²) in [6.45, 7) is 2.23. The molecular formula is C17H16FN5O2. The van der Waals surface area contributed by atoms with E-state index in [0.29, 0.717) is 35.9 Å². The van der Waals surface area contributed by atoms with E-state index in [2.05, 4.69) is 26.0 Å². The van der Waals surface area contributed by atoms with Gasteiger partial charge in [0.1, 0.15) is 17.4 Å². The standard InChI is InChI=1S/C17H16FN5O2/c1-11-10-16(23-25-11)20-17(24)14-6-7-15(22-21-14)19-9-8-12-4-2-3-5-13(12)18/h2-7,10H,8-9H2,1H3,(H,19,22)(H,20,23,24). The number of hydrogen-bond donors (Lipinski definition) is 2. The summed E-state index contributed by atoms with van der Waals surface area (Å²) in [6, 6.07) is 11.4. The van der Waals surface area contributed by atoms with Gasteiger partial charge in [-0.25, -0.2) is 4.39 Å². The Balaban J connectivity index is 1.53. The highest BCUT2D eigenvalue weighted by molar-refractivity contribution is 6.02. The lowest BCUT2D eigenvalue weighted by molar-refractivity contribution is 0.102. The van der Waals surface area contributed by atoms with E-state index in [1.807, 2.05) is 0 Å². The molecule has 0 bridgehead atoms. The van der Waals surface area contributed by atoms with Crippen LogP contribution in [0.4, 0.5) is 16.0 Å². The molecule has 0 aliphatic carbocycles. The highest BCUT2D eigenvalue weighted by atomic mass is 19.1. The van der Waals surface area contributed by atoms with Crippen molar-refractivity contribution in [1.29, 1.82) is 0 Å². The van der Waals surface area contributed by atoms with Crippen molar-refractivity contribution in [3.05, 3.63) is 65.3 Å². The number of nitrogens with zero attached hydrogens (tertiary/aromatic N) is 3. The average Bonchev–Trinajstić information content (AvgIpc) is 3.02. The van der Waals surface area contributed by atoms with Crippen LogP contribution >= 0.6 is 0 Å². The molecule has 0 fully saturated rings. The van der Waals surface area contributed by atoms with Crippen molar-refractivity contribution in [3.8, 4) is 0 Å². The fourth-order valence-corrected chi connectivity index (χ4v) is 2.18. The highest BCUT2D eigenvalue weighted by Gasteiger charge is 2.11. The molecule has 0 aliphatic heterocycles. The number of carbonyl (C=O) groups is 1. The van der Waals surface area contributed by atoms with E-state index >= 15 is 0 Å². The first-order valence-electron chi connectivity index (χ1n) is 7.67. The number of hydrogen-bond acceptors (Lipinski definition) is 6. The molecule has 0 saturated heterocycles. The fourth-order valence-electron chi connectivity index (χ4n) is 2.18. The van der Waals surface area contributed by atoms with Gasteiger partial charge in [0, 0.05) is 12.6 Å². The summed E-state index contributed by atoms with van der Waals surface area (Å²) in [5, 5.41) is 17.1. The summed E-state index contributed by atoms with van der Waals surface area (Å²) < 4.78 is 18.4. The second-order valence-electron chi connectivity index (χ2n) is 5.35. The molecule has 1 aromatic carbocycles. The Morgan fingerprint density at radius 2 is 2.00 bits per heavy atom. The topological polar surface area (TPSA) is 92.9 Å². The van der Waals surface area contributed by atoms with Gasteiger partial charge in [0.2, 0.25) is 0 Å². The SMILES string of the molecule is Cc1cc(NC(=O)c2ccc(NCCc3ccccc3F)nn2)no1. The van der Waals surface area contributed by atoms with Gasteiger partial charge in [-0.2, -0.15) is 0 Å². The molecule has 2 N–H and O–H groups in total. The van der Waals surface area contributed by atoms with E-state index in [1.165, 1.54) is 6.07 Å². The fraction of sp³-hybridized carbons (Fsp3) is 0.176. The third-order valence-corrected chi connectivity index (χ3v) is 3.43. The Morgan fingerprint density at radius 1 is 1.16 bits per heavy atom. The van der Waals surface area contributed by atoms with E-state index in [4.69, 9.17) is 4.52 Å². The summed E-state index contributed by atoms with van der Waals surface area (Å²) >= 11 is 0. The van der Waals surface area contributed by atoms with Crippen LogP contribution in [-0.4, -0.2) is 27.8 Å². The van der Waals surface area contributed by atoms with Gasteiger partial charge < -0.3 is 15.2 Å². The van der Waals surface area contributed by atoms with Crippen LogP contribution in [0.25, 0.3) is 0 Å². The highest BCUT2D eigenvalue weighted by Crippen LogP contribution is 2.10. The molecular weight excluding hydrogens is 325 g/mol. The van der Waals surface area contributed by atoms with Crippen molar-refractivity contribution in [3.63, 3.8) is 0 Å². The van der Waals surface area contributed by atoms with E-state index in [9.17, 15) is 9.18 Å². The minimum Gasteiger partial charge on any atom is -0.368 e. The molecule has 2 heterocycles. The Kier molecular flexibility index (Phi) is 4.98. The molecule has 0 atom stereocenters. The van der Waals surface area contributed by atoms with Crippen molar-refractivity contribution < 1.29 is 13.7 Å². The van der Waals surface area contributed by atoms with Crippen molar-refractivity contribution in [2.24, 2.45) is 0 Å². The number of aryl methyl sites for hydroxylation is 1. The predicted molar refractivity (Wildman–Crippen MR) is 89.8 cm³/mol. The molecule has 1 amide bonds. The maximum atomic E-state index is 13.5. The van der Waals surface area contributed by atoms with Crippen LogP contribution in [0.3, 0.4) is 0 Å². The van der Waals surface area contributed by atoms with Crippen molar-refractivity contribution in [2.75, 3.05) is 17.2 Å². The van der Waals surface area contributed by atoms with Crippen molar-refractivity contribution in [2.45, 2.75) is 13.3 Å². The molecule has 3 aromatic rings. The number of anilines is 2. The average molecular weight is 341 g/mol. The van der Waals surface area contributed by atoms with Crippen molar-refractivity contribution >= 4 is 17.5 Å². The second-order valence-corrected chi connectivity index (χ2v) is 5.35. The maximum Gasteiger partial charge on any atom is 0.277 e. The Morgan fingerprint density at radius 3 is 2.68 bits per heavy atom. The zero-order valence-corrected chi connectivity index (χ0v) is 13.5. The van der Waals surface area contributed by atoms with Crippen molar-refractivity contribution in [1.82, 2.24) is 15.4 Å². The Labute approximate surface area is 143 Å². The monoisotopic (exact) mass is 341 g/mol. The smallest absolute Gasteiger partial charge is 0.277 e. The lowest BCUT2D eigenvalue weighted by Gasteiger charge is -2.06. The van der Waals surface area contributed by atoms with Gasteiger partial charge >= 0.3 is 0 Å². The van der Waals surface area contributed by atoms with E-state index in [1.54, 1.807) is 43.3 Å². The molecule has 3 rings (SSSR count). The lowest BCUT2D eigenvalue weighted by Crippen LogP contribution is -2.15. The van der Waals surface area contributed by atoms with Crippen LogP contribution in [0.15, 0.2) is 47.0 Å². The van der Waals surface area contributed by atoms with Gasteiger partial charge in [0.25, 0.3) is 5.91 Å². The summed E-state index contributed by atoms with van der Waals surface area (Å²) in [4.78, 5) is 12.0. The summed E-state index contributed by atoms with van der Waals surface area (Å²) in [7, 11) is 0. The molecule has 7 nitrogen and oxygen atoms in total. The van der Waals surface area contributed by atoms with Crippen LogP contribution in [0.5, 0.6) is 0 Å². The van der Waals surface area contributed by atoms with Crippen LogP contribution in [0.1, 0.15) is 21.8 Å². The zero-order chi connectivity index (χ0) is 17.6. The number of carbonyl (C=O) groups excluding carboxylic acids is 1. The number of aromatic nitrogens is 3. The number of amides is 1. The number of benzene rings is 1. The van der Waals surface area contributed by atoms with Crippen LogP contribution in [0.2, 0.25) is 0 Å². The third-order valence-electron chi connectivity index (χ3n) is 3.43. The first-order chi connectivity index (χ1) is 12.1. The largest absolute Gasteiger partial charge is 0.368 e. The summed E-state index contributed by atoms with van der Waals surface area (Å²) in [5.41, 5.74) is 0.780. The predicted octanol–water partition coefficient (Wildman–Crippen LogP) is 2.82. The summed E-state index contributed by atoms with van der Waals surface area (Å²) in [5.74, 6) is 0.751. The normalized spacial score (nSPS) is 10.5. The molecule has 0 saturated carbocycles. The first kappa shape index (κ1) is 16.6. The summed E-state index contributed by atoms with van der Waals surface area (Å²) in [6.07, 6.45) is 0.516. The first-order valence-corrected chi connectivity index (χ1v) is 7.67. The van der Waals surface area contributed by atoms with Gasteiger partial charge in [-0.15, -0.1) is 10.2 Å². The molecule has 8 heteroatoms. The van der Waals surface area contributed by atoms with Gasteiger partial charge in [-0.05, 0) is 37.1 Å². The van der Waals surface area contributed by atoms with Crippen LogP contribution < -0.4 is 10.6 Å². The quantitative estimate of drug-likeness (QED) is 0.716. The van der Waals surface area contributed by atoms with E-state index in [0.717, 1.165) is 0 Å². The lowest BCUT2D eigenvalue weighted by atomic mass is 10.1. The minimum absolute atomic E-state index is 0.153. The number of rotatable bonds is 6. The molecule has 25 heavy (non-hydrogen) atoms.